The Morgan fingerprint density at radius 1 is 1.32 bits per heavy atom. The van der Waals surface area contributed by atoms with E-state index in [1.165, 1.54) is 12.1 Å². The van der Waals surface area contributed by atoms with Crippen LogP contribution in [0.2, 0.25) is 0 Å². The highest BCUT2D eigenvalue weighted by molar-refractivity contribution is 5.23. The Hall–Kier alpha value is -1.04. The van der Waals surface area contributed by atoms with Crippen molar-refractivity contribution in [1.29, 1.82) is 0 Å². The highest BCUT2D eigenvalue weighted by Gasteiger charge is 2.29. The van der Waals surface area contributed by atoms with Crippen LogP contribution in [0.15, 0.2) is 18.2 Å². The van der Waals surface area contributed by atoms with E-state index in [1.54, 1.807) is 0 Å². The van der Waals surface area contributed by atoms with Crippen molar-refractivity contribution in [2.75, 3.05) is 19.6 Å². The number of morpholine rings is 1. The van der Waals surface area contributed by atoms with Crippen LogP contribution in [0, 0.1) is 11.6 Å². The highest BCUT2D eigenvalue weighted by atomic mass is 19.1. The molecular weight excluding hydrogens is 250 g/mol. The third-order valence-corrected chi connectivity index (χ3v) is 3.43. The number of nitrogens with two attached hydrogens (primary N) is 1. The van der Waals surface area contributed by atoms with Crippen LogP contribution < -0.4 is 5.73 Å². The molecule has 0 spiro atoms. The molecule has 2 N–H and O–H groups in total. The normalized spacial score (nSPS) is 26.4. The number of benzene rings is 1. The van der Waals surface area contributed by atoms with Crippen molar-refractivity contribution in [2.24, 2.45) is 5.73 Å². The van der Waals surface area contributed by atoms with Crippen molar-refractivity contribution >= 4 is 0 Å². The van der Waals surface area contributed by atoms with Gasteiger partial charge in [0.25, 0.3) is 0 Å². The molecule has 106 valence electrons. The van der Waals surface area contributed by atoms with E-state index in [0.29, 0.717) is 25.2 Å². The van der Waals surface area contributed by atoms with E-state index >= 15 is 0 Å². The van der Waals surface area contributed by atoms with Gasteiger partial charge in [0.15, 0.2) is 0 Å². The Morgan fingerprint density at radius 2 is 1.95 bits per heavy atom. The van der Waals surface area contributed by atoms with E-state index in [9.17, 15) is 8.78 Å². The molecule has 0 radical (unpaired) electrons. The van der Waals surface area contributed by atoms with Gasteiger partial charge in [-0.2, -0.15) is 0 Å². The van der Waals surface area contributed by atoms with E-state index in [0.717, 1.165) is 6.07 Å². The number of rotatable bonds is 3. The molecule has 1 fully saturated rings. The van der Waals surface area contributed by atoms with E-state index in [-0.39, 0.29) is 18.2 Å². The summed E-state index contributed by atoms with van der Waals surface area (Å²) in [5.74, 6) is -1.11. The maximum atomic E-state index is 13.9. The van der Waals surface area contributed by atoms with Crippen molar-refractivity contribution in [3.8, 4) is 0 Å². The molecule has 0 aromatic heterocycles. The maximum absolute atomic E-state index is 13.9. The number of nitrogens with zero attached hydrogens (tertiary/aromatic N) is 1. The van der Waals surface area contributed by atoms with Crippen molar-refractivity contribution in [1.82, 2.24) is 4.90 Å². The van der Waals surface area contributed by atoms with Crippen LogP contribution in [0.3, 0.4) is 0 Å². The van der Waals surface area contributed by atoms with Crippen LogP contribution in [-0.2, 0) is 4.74 Å². The molecule has 0 aliphatic carbocycles. The molecule has 0 saturated carbocycles. The van der Waals surface area contributed by atoms with E-state index in [2.05, 4.69) is 4.90 Å². The molecular formula is C14H20F2N2O. The van der Waals surface area contributed by atoms with Gasteiger partial charge in [0.1, 0.15) is 11.6 Å². The minimum absolute atomic E-state index is 0.0845. The largest absolute Gasteiger partial charge is 0.373 e. The lowest BCUT2D eigenvalue weighted by Crippen LogP contribution is -2.48. The smallest absolute Gasteiger partial charge is 0.130 e. The molecule has 1 aromatic rings. The summed E-state index contributed by atoms with van der Waals surface area (Å²) in [5, 5.41) is 0. The lowest BCUT2D eigenvalue weighted by Gasteiger charge is -2.40. The van der Waals surface area contributed by atoms with Crippen molar-refractivity contribution < 1.29 is 13.5 Å². The molecule has 1 aliphatic rings. The Balaban J connectivity index is 2.23. The minimum atomic E-state index is -0.569. The standard InChI is InChI=1S/C14H20F2N2O/c1-9-7-18(8-10(2)19-9)14(6-17)12-4-3-11(15)5-13(12)16/h3-5,9-10,14H,6-8,17H2,1-2H3/t9-,10-,14+/m1/s1. The predicted molar refractivity (Wildman–Crippen MR) is 69.7 cm³/mol. The van der Waals surface area contributed by atoms with Crippen molar-refractivity contribution in [2.45, 2.75) is 32.1 Å². The SMILES string of the molecule is C[C@@H]1CN([C@@H](CN)c2ccc(F)cc2F)C[C@@H](C)O1. The number of ether oxygens (including phenoxy) is 1. The molecule has 5 heteroatoms. The molecule has 0 bridgehead atoms. The Bertz CT molecular complexity index is 431. The van der Waals surface area contributed by atoms with Gasteiger partial charge < -0.3 is 10.5 Å². The van der Waals surface area contributed by atoms with Crippen LogP contribution in [0.4, 0.5) is 8.78 Å². The fourth-order valence-electron chi connectivity index (χ4n) is 2.72. The summed E-state index contributed by atoms with van der Waals surface area (Å²) in [6, 6.07) is 3.42. The second-order valence-electron chi connectivity index (χ2n) is 5.13. The summed E-state index contributed by atoms with van der Waals surface area (Å²) in [5.41, 5.74) is 6.24. The molecule has 1 aromatic carbocycles. The number of halogens is 2. The van der Waals surface area contributed by atoms with Crippen LogP contribution in [0.25, 0.3) is 0 Å². The predicted octanol–water partition coefficient (Wildman–Crippen LogP) is 2.07. The third kappa shape index (κ3) is 3.29. The maximum Gasteiger partial charge on any atom is 0.130 e. The first kappa shape index (κ1) is 14.4. The summed E-state index contributed by atoms with van der Waals surface area (Å²) in [7, 11) is 0. The molecule has 3 atom stereocenters. The van der Waals surface area contributed by atoms with Crippen molar-refractivity contribution in [3.05, 3.63) is 35.4 Å². The second kappa shape index (κ2) is 5.94. The average molecular weight is 270 g/mol. The highest BCUT2D eigenvalue weighted by Crippen LogP contribution is 2.26. The molecule has 0 unspecified atom stereocenters. The van der Waals surface area contributed by atoms with Gasteiger partial charge in [-0.1, -0.05) is 6.07 Å². The molecule has 3 nitrogen and oxygen atoms in total. The zero-order valence-corrected chi connectivity index (χ0v) is 11.3. The summed E-state index contributed by atoms with van der Waals surface area (Å²) in [6.45, 7) is 5.66. The summed E-state index contributed by atoms with van der Waals surface area (Å²) >= 11 is 0. The number of hydrogen-bond acceptors (Lipinski definition) is 3. The van der Waals surface area contributed by atoms with Gasteiger partial charge in [0.2, 0.25) is 0 Å². The van der Waals surface area contributed by atoms with E-state index in [1.807, 2.05) is 13.8 Å². The van der Waals surface area contributed by atoms with Gasteiger partial charge >= 0.3 is 0 Å². The first-order valence-corrected chi connectivity index (χ1v) is 6.55. The monoisotopic (exact) mass is 270 g/mol. The fourth-order valence-corrected chi connectivity index (χ4v) is 2.72. The van der Waals surface area contributed by atoms with E-state index < -0.39 is 11.6 Å². The first-order valence-electron chi connectivity index (χ1n) is 6.55. The van der Waals surface area contributed by atoms with Crippen LogP contribution in [-0.4, -0.2) is 36.7 Å². The van der Waals surface area contributed by atoms with Gasteiger partial charge in [-0.3, -0.25) is 4.90 Å². The van der Waals surface area contributed by atoms with Gasteiger partial charge in [-0.05, 0) is 19.9 Å². The minimum Gasteiger partial charge on any atom is -0.373 e. The molecule has 19 heavy (non-hydrogen) atoms. The van der Waals surface area contributed by atoms with Gasteiger partial charge in [-0.25, -0.2) is 8.78 Å². The zero-order valence-electron chi connectivity index (χ0n) is 11.3. The second-order valence-corrected chi connectivity index (χ2v) is 5.13. The van der Waals surface area contributed by atoms with E-state index in [4.69, 9.17) is 10.5 Å². The topological polar surface area (TPSA) is 38.5 Å². The molecule has 1 saturated heterocycles. The Labute approximate surface area is 112 Å². The Kier molecular flexibility index (Phi) is 4.50. The number of hydrogen-bond donors (Lipinski definition) is 1. The molecule has 1 heterocycles. The third-order valence-electron chi connectivity index (χ3n) is 3.43. The molecule has 2 rings (SSSR count). The van der Waals surface area contributed by atoms with Gasteiger partial charge in [0.05, 0.1) is 18.2 Å². The lowest BCUT2D eigenvalue weighted by molar-refractivity contribution is -0.0802. The zero-order chi connectivity index (χ0) is 14.0. The summed E-state index contributed by atoms with van der Waals surface area (Å²) < 4.78 is 32.5. The quantitative estimate of drug-likeness (QED) is 0.914. The average Bonchev–Trinajstić information content (AvgIpc) is 2.31. The van der Waals surface area contributed by atoms with Gasteiger partial charge in [-0.15, -0.1) is 0 Å². The Morgan fingerprint density at radius 3 is 2.47 bits per heavy atom. The summed E-state index contributed by atoms with van der Waals surface area (Å²) in [6.07, 6.45) is 0.169. The summed E-state index contributed by atoms with van der Waals surface area (Å²) in [4.78, 5) is 2.11. The van der Waals surface area contributed by atoms with Gasteiger partial charge in [0, 0.05) is 31.3 Å². The molecule has 0 amide bonds. The molecule has 1 aliphatic heterocycles. The fraction of sp³-hybridized carbons (Fsp3) is 0.571. The van der Waals surface area contributed by atoms with Crippen LogP contribution >= 0.6 is 0 Å². The lowest BCUT2D eigenvalue weighted by atomic mass is 10.0. The van der Waals surface area contributed by atoms with Crippen molar-refractivity contribution in [3.63, 3.8) is 0 Å². The van der Waals surface area contributed by atoms with Crippen LogP contribution in [0.5, 0.6) is 0 Å². The first-order chi connectivity index (χ1) is 9.01. The van der Waals surface area contributed by atoms with Crippen LogP contribution in [0.1, 0.15) is 25.5 Å².